The monoisotopic (exact) mass is 434 g/mol. The number of halogens is 2. The molecule has 0 radical (unpaired) electrons. The van der Waals surface area contributed by atoms with E-state index in [4.69, 9.17) is 11.6 Å². The summed E-state index contributed by atoms with van der Waals surface area (Å²) in [5, 5.41) is 7.40. The molecule has 0 aliphatic heterocycles. The van der Waals surface area contributed by atoms with E-state index in [2.05, 4.69) is 20.6 Å². The summed E-state index contributed by atoms with van der Waals surface area (Å²) < 4.78 is 0. The van der Waals surface area contributed by atoms with Crippen molar-refractivity contribution in [1.29, 1.82) is 0 Å². The van der Waals surface area contributed by atoms with E-state index in [0.717, 1.165) is 31.4 Å². The summed E-state index contributed by atoms with van der Waals surface area (Å²) in [5.74, 6) is 1.88. The van der Waals surface area contributed by atoms with E-state index in [0.29, 0.717) is 10.6 Å². The second kappa shape index (κ2) is 7.81. The first-order valence-electron chi connectivity index (χ1n) is 7.77. The Labute approximate surface area is 154 Å². The van der Waals surface area contributed by atoms with Crippen LogP contribution < -0.4 is 10.6 Å². The topological polar surface area (TPSA) is 49.3 Å². The Kier molecular flexibility index (Phi) is 6.32. The van der Waals surface area contributed by atoms with E-state index >= 15 is 0 Å². The molecule has 6 heteroatoms. The highest BCUT2D eigenvalue weighted by Gasteiger charge is 2.53. The minimum absolute atomic E-state index is 0. The Hall–Kier alpha value is -0.560. The Bertz CT molecular complexity index is 509. The van der Waals surface area contributed by atoms with Crippen LogP contribution in [0.25, 0.3) is 0 Å². The molecule has 4 nitrogen and oxygen atoms in total. The Balaban J connectivity index is 0.00000176. The van der Waals surface area contributed by atoms with E-state index in [9.17, 15) is 0 Å². The largest absolute Gasteiger partial charge is 0.356 e. The van der Waals surface area contributed by atoms with Gasteiger partial charge in [-0.1, -0.05) is 17.7 Å². The van der Waals surface area contributed by atoms with E-state index in [1.54, 1.807) is 0 Å². The van der Waals surface area contributed by atoms with Crippen molar-refractivity contribution in [3.63, 3.8) is 0 Å². The molecule has 0 saturated heterocycles. The summed E-state index contributed by atoms with van der Waals surface area (Å²) in [6.07, 6.45) is 8.37. The van der Waals surface area contributed by atoms with Crippen molar-refractivity contribution >= 4 is 41.5 Å². The maximum atomic E-state index is 5.78. The highest BCUT2D eigenvalue weighted by Crippen LogP contribution is 2.60. The SMILES string of the molecule is CN=C(NCCc1ccc(Cl)nc1)NCC1(C2CC2)CC1.I. The summed E-state index contributed by atoms with van der Waals surface area (Å²) in [5.41, 5.74) is 1.77. The molecule has 0 bridgehead atoms. The van der Waals surface area contributed by atoms with Gasteiger partial charge in [-0.25, -0.2) is 4.98 Å². The fourth-order valence-electron chi connectivity index (χ4n) is 2.95. The molecule has 1 heterocycles. The van der Waals surface area contributed by atoms with Gasteiger partial charge in [0.2, 0.25) is 0 Å². The molecule has 1 aromatic heterocycles. The van der Waals surface area contributed by atoms with Crippen LogP contribution in [0.3, 0.4) is 0 Å². The third-order valence-corrected chi connectivity index (χ3v) is 4.89. The highest BCUT2D eigenvalue weighted by atomic mass is 127. The van der Waals surface area contributed by atoms with Gasteiger partial charge in [0.25, 0.3) is 0 Å². The maximum Gasteiger partial charge on any atom is 0.191 e. The zero-order valence-electron chi connectivity index (χ0n) is 12.9. The van der Waals surface area contributed by atoms with Gasteiger partial charge in [0.05, 0.1) is 0 Å². The zero-order chi connectivity index (χ0) is 14.7. The third-order valence-electron chi connectivity index (χ3n) is 4.66. The average molecular weight is 435 g/mol. The van der Waals surface area contributed by atoms with Gasteiger partial charge in [-0.2, -0.15) is 0 Å². The van der Waals surface area contributed by atoms with Crippen molar-refractivity contribution in [3.05, 3.63) is 29.0 Å². The van der Waals surface area contributed by atoms with Crippen LogP contribution in [0.2, 0.25) is 5.15 Å². The van der Waals surface area contributed by atoms with E-state index in [-0.39, 0.29) is 24.0 Å². The van der Waals surface area contributed by atoms with E-state index in [1.165, 1.54) is 31.2 Å². The van der Waals surface area contributed by atoms with Crippen molar-refractivity contribution in [2.75, 3.05) is 20.1 Å². The lowest BCUT2D eigenvalue weighted by molar-refractivity contribution is 0.431. The lowest BCUT2D eigenvalue weighted by Crippen LogP contribution is -2.41. The van der Waals surface area contributed by atoms with Crippen LogP contribution in [0.5, 0.6) is 0 Å². The summed E-state index contributed by atoms with van der Waals surface area (Å²) in [6.45, 7) is 1.92. The molecule has 122 valence electrons. The van der Waals surface area contributed by atoms with Crippen LogP contribution in [0.15, 0.2) is 23.3 Å². The van der Waals surface area contributed by atoms with E-state index in [1.807, 2.05) is 25.4 Å². The predicted molar refractivity (Wildman–Crippen MR) is 102 cm³/mol. The Morgan fingerprint density at radius 2 is 2.14 bits per heavy atom. The van der Waals surface area contributed by atoms with E-state index < -0.39 is 0 Å². The van der Waals surface area contributed by atoms with Crippen molar-refractivity contribution in [3.8, 4) is 0 Å². The van der Waals surface area contributed by atoms with Gasteiger partial charge in [-0.3, -0.25) is 4.99 Å². The second-order valence-electron chi connectivity index (χ2n) is 6.23. The van der Waals surface area contributed by atoms with Crippen molar-refractivity contribution < 1.29 is 0 Å². The molecule has 2 aliphatic rings. The number of pyridine rings is 1. The van der Waals surface area contributed by atoms with Crippen LogP contribution >= 0.6 is 35.6 Å². The Morgan fingerprint density at radius 1 is 1.36 bits per heavy atom. The molecule has 2 aliphatic carbocycles. The molecule has 1 aromatic rings. The van der Waals surface area contributed by atoms with Crippen LogP contribution in [0, 0.1) is 11.3 Å². The molecule has 0 atom stereocenters. The Morgan fingerprint density at radius 3 is 2.68 bits per heavy atom. The third kappa shape index (κ3) is 4.72. The second-order valence-corrected chi connectivity index (χ2v) is 6.62. The molecule has 0 amide bonds. The number of hydrogen-bond acceptors (Lipinski definition) is 2. The first-order valence-corrected chi connectivity index (χ1v) is 8.15. The molecule has 2 saturated carbocycles. The van der Waals surface area contributed by atoms with Gasteiger partial charge in [-0.05, 0) is 55.1 Å². The fraction of sp³-hybridized carbons (Fsp3) is 0.625. The first kappa shape index (κ1) is 17.8. The predicted octanol–water partition coefficient (Wildman–Crippen LogP) is 3.25. The molecular weight excluding hydrogens is 411 g/mol. The number of guanidine groups is 1. The van der Waals surface area contributed by atoms with Crippen molar-refractivity contribution in [2.45, 2.75) is 32.1 Å². The summed E-state index contributed by atoms with van der Waals surface area (Å²) >= 11 is 5.78. The number of nitrogens with one attached hydrogen (secondary N) is 2. The number of aromatic nitrogens is 1. The van der Waals surface area contributed by atoms with Gasteiger partial charge in [0.1, 0.15) is 5.15 Å². The van der Waals surface area contributed by atoms with Crippen LogP contribution in [0.4, 0.5) is 0 Å². The molecule has 22 heavy (non-hydrogen) atoms. The fourth-order valence-corrected chi connectivity index (χ4v) is 3.06. The van der Waals surface area contributed by atoms with Gasteiger partial charge >= 0.3 is 0 Å². The molecule has 2 N–H and O–H groups in total. The first-order chi connectivity index (χ1) is 10.2. The van der Waals surface area contributed by atoms with Crippen LogP contribution in [0.1, 0.15) is 31.2 Å². The molecular formula is C16H24ClIN4. The average Bonchev–Trinajstić information content (AvgIpc) is 3.38. The maximum absolute atomic E-state index is 5.78. The molecule has 0 aromatic carbocycles. The lowest BCUT2D eigenvalue weighted by Gasteiger charge is -2.18. The summed E-state index contributed by atoms with van der Waals surface area (Å²) in [4.78, 5) is 8.39. The standard InChI is InChI=1S/C16H23ClN4.HI/c1-18-15(21-11-16(7-8-16)13-3-4-13)19-9-6-12-2-5-14(17)20-10-12;/h2,5,10,13H,3-4,6-9,11H2,1H3,(H2,18,19,21);1H. The molecule has 2 fully saturated rings. The molecule has 0 spiro atoms. The minimum atomic E-state index is 0. The number of hydrogen-bond donors (Lipinski definition) is 2. The molecule has 0 unspecified atom stereocenters. The highest BCUT2D eigenvalue weighted by molar-refractivity contribution is 14.0. The quantitative estimate of drug-likeness (QED) is 0.313. The smallest absolute Gasteiger partial charge is 0.191 e. The summed E-state index contributed by atoms with van der Waals surface area (Å²) in [7, 11) is 1.83. The van der Waals surface area contributed by atoms with Gasteiger partial charge in [0, 0.05) is 26.3 Å². The van der Waals surface area contributed by atoms with Crippen molar-refractivity contribution in [1.82, 2.24) is 15.6 Å². The van der Waals surface area contributed by atoms with Gasteiger partial charge in [0.15, 0.2) is 5.96 Å². The van der Waals surface area contributed by atoms with Gasteiger partial charge in [-0.15, -0.1) is 24.0 Å². The number of nitrogens with zero attached hydrogens (tertiary/aromatic N) is 2. The van der Waals surface area contributed by atoms with Crippen LogP contribution in [-0.4, -0.2) is 31.1 Å². The number of rotatable bonds is 6. The van der Waals surface area contributed by atoms with Crippen LogP contribution in [-0.2, 0) is 6.42 Å². The van der Waals surface area contributed by atoms with Crippen molar-refractivity contribution in [2.24, 2.45) is 16.3 Å². The lowest BCUT2D eigenvalue weighted by atomic mass is 10.0. The minimum Gasteiger partial charge on any atom is -0.356 e. The van der Waals surface area contributed by atoms with Gasteiger partial charge < -0.3 is 10.6 Å². The zero-order valence-corrected chi connectivity index (χ0v) is 16.0. The molecule has 3 rings (SSSR count). The summed E-state index contributed by atoms with van der Waals surface area (Å²) in [6, 6.07) is 3.84. The normalized spacial score (nSPS) is 19.3. The number of aliphatic imine (C=N–C) groups is 1.